The maximum Gasteiger partial charge on any atom is 0.422 e. The molecule has 2 aromatic heterocycles. The van der Waals surface area contributed by atoms with E-state index in [4.69, 9.17) is 20.0 Å². The standard InChI is InChI=1S/C33H37F3N8O/c1-3-21-13-23-28(29(45-19-33(34,35)36)27(21)26-20(2)5-6-25-24(26)14-39-42-25)40-30(22-15-43(16-22)10-4-9-37)41-31(23)44-11-7-32(8-12-44)17-38-18-32/h5-6,13-14,22,38H,3-4,7-8,10-12,15-19H2,1-2H3,(H,39,42). The molecule has 0 saturated carbocycles. The van der Waals surface area contributed by atoms with Gasteiger partial charge in [-0.2, -0.15) is 23.5 Å². The van der Waals surface area contributed by atoms with Crippen LogP contribution in [-0.4, -0.2) is 83.7 Å². The van der Waals surface area contributed by atoms with Gasteiger partial charge in [0.2, 0.25) is 0 Å². The first-order valence-electron chi connectivity index (χ1n) is 15.7. The molecular weight excluding hydrogens is 581 g/mol. The van der Waals surface area contributed by atoms with Crippen LogP contribution in [0, 0.1) is 23.7 Å². The van der Waals surface area contributed by atoms with Crippen LogP contribution in [0.2, 0.25) is 0 Å². The number of ether oxygens (including phenoxy) is 1. The van der Waals surface area contributed by atoms with Crippen LogP contribution in [0.25, 0.3) is 32.9 Å². The summed E-state index contributed by atoms with van der Waals surface area (Å²) < 4.78 is 47.3. The number of nitriles is 1. The van der Waals surface area contributed by atoms with Crippen LogP contribution in [-0.2, 0) is 6.42 Å². The number of likely N-dealkylation sites (tertiary alicyclic amines) is 1. The highest BCUT2D eigenvalue weighted by atomic mass is 19.4. The Hall–Kier alpha value is -3.95. The molecule has 9 nitrogen and oxygen atoms in total. The van der Waals surface area contributed by atoms with Crippen molar-refractivity contribution in [1.29, 1.82) is 5.26 Å². The number of benzene rings is 2. The number of piperidine rings is 1. The van der Waals surface area contributed by atoms with E-state index in [9.17, 15) is 13.2 Å². The fourth-order valence-corrected chi connectivity index (χ4v) is 7.17. The Bertz CT molecular complexity index is 1780. The minimum atomic E-state index is -4.53. The summed E-state index contributed by atoms with van der Waals surface area (Å²) in [6.45, 7) is 8.30. The number of aromatic amines is 1. The van der Waals surface area contributed by atoms with Crippen molar-refractivity contribution < 1.29 is 17.9 Å². The molecule has 4 aromatic rings. The number of rotatable bonds is 8. The van der Waals surface area contributed by atoms with Crippen LogP contribution < -0.4 is 15.0 Å². The van der Waals surface area contributed by atoms with E-state index < -0.39 is 12.8 Å². The van der Waals surface area contributed by atoms with E-state index >= 15 is 0 Å². The Kier molecular flexibility index (Phi) is 7.56. The lowest BCUT2D eigenvalue weighted by Crippen LogP contribution is -2.58. The van der Waals surface area contributed by atoms with Crippen LogP contribution in [0.4, 0.5) is 19.0 Å². The van der Waals surface area contributed by atoms with Crippen molar-refractivity contribution in [3.8, 4) is 22.9 Å². The first-order chi connectivity index (χ1) is 21.7. The number of alkyl halides is 3. The molecule has 3 fully saturated rings. The van der Waals surface area contributed by atoms with Gasteiger partial charge in [-0.1, -0.05) is 13.0 Å². The zero-order valence-electron chi connectivity index (χ0n) is 25.6. The molecule has 0 amide bonds. The van der Waals surface area contributed by atoms with Gasteiger partial charge in [0, 0.05) is 74.5 Å². The lowest BCUT2D eigenvalue weighted by Gasteiger charge is -2.48. The fraction of sp³-hybridized carbons (Fsp3) is 0.515. The van der Waals surface area contributed by atoms with Gasteiger partial charge in [-0.25, -0.2) is 9.97 Å². The number of hydrogen-bond acceptors (Lipinski definition) is 8. The molecule has 0 unspecified atom stereocenters. The quantitative estimate of drug-likeness (QED) is 0.267. The highest BCUT2D eigenvalue weighted by Crippen LogP contribution is 2.47. The number of H-pyrrole nitrogens is 1. The summed E-state index contributed by atoms with van der Waals surface area (Å²) in [5.74, 6) is 1.54. The number of aryl methyl sites for hydroxylation is 2. The van der Waals surface area contributed by atoms with E-state index in [1.807, 2.05) is 26.0 Å². The predicted octanol–water partition coefficient (Wildman–Crippen LogP) is 5.49. The number of anilines is 1. The third-order valence-electron chi connectivity index (χ3n) is 9.85. The molecule has 45 heavy (non-hydrogen) atoms. The zero-order chi connectivity index (χ0) is 31.3. The monoisotopic (exact) mass is 618 g/mol. The van der Waals surface area contributed by atoms with Gasteiger partial charge in [-0.3, -0.25) is 5.10 Å². The average molecular weight is 619 g/mol. The zero-order valence-corrected chi connectivity index (χ0v) is 25.6. The van der Waals surface area contributed by atoms with Crippen molar-refractivity contribution in [2.24, 2.45) is 5.41 Å². The topological polar surface area (TPSA) is 106 Å². The van der Waals surface area contributed by atoms with E-state index in [2.05, 4.69) is 37.4 Å². The van der Waals surface area contributed by atoms with E-state index in [1.165, 1.54) is 0 Å². The van der Waals surface area contributed by atoms with E-state index in [-0.39, 0.29) is 11.7 Å². The molecule has 0 radical (unpaired) electrons. The highest BCUT2D eigenvalue weighted by Gasteiger charge is 2.41. The summed E-state index contributed by atoms with van der Waals surface area (Å²) in [4.78, 5) is 14.7. The van der Waals surface area contributed by atoms with Gasteiger partial charge in [0.25, 0.3) is 0 Å². The Morgan fingerprint density at radius 1 is 1.11 bits per heavy atom. The first-order valence-corrected chi connectivity index (χ1v) is 15.7. The van der Waals surface area contributed by atoms with Gasteiger partial charge < -0.3 is 19.9 Å². The molecule has 0 bridgehead atoms. The number of nitrogens with one attached hydrogen (secondary N) is 2. The summed E-state index contributed by atoms with van der Waals surface area (Å²) in [5, 5.41) is 21.2. The Balaban J connectivity index is 1.43. The molecule has 0 aliphatic carbocycles. The van der Waals surface area contributed by atoms with Crippen molar-refractivity contribution >= 4 is 27.6 Å². The third-order valence-corrected chi connectivity index (χ3v) is 9.85. The third kappa shape index (κ3) is 5.46. The van der Waals surface area contributed by atoms with Gasteiger partial charge in [0.15, 0.2) is 12.4 Å². The lowest BCUT2D eigenvalue weighted by atomic mass is 9.73. The minimum Gasteiger partial charge on any atom is -0.481 e. The maximum atomic E-state index is 13.8. The summed E-state index contributed by atoms with van der Waals surface area (Å²) >= 11 is 0. The molecule has 0 atom stereocenters. The summed E-state index contributed by atoms with van der Waals surface area (Å²) in [5.41, 5.74) is 4.72. The molecule has 7 rings (SSSR count). The molecule has 3 aliphatic rings. The van der Waals surface area contributed by atoms with Crippen molar-refractivity contribution in [3.05, 3.63) is 41.3 Å². The minimum absolute atomic E-state index is 0.0163. The molecule has 2 N–H and O–H groups in total. The number of aromatic nitrogens is 4. The molecule has 3 saturated heterocycles. The second-order valence-corrected chi connectivity index (χ2v) is 12.8. The van der Waals surface area contributed by atoms with Gasteiger partial charge in [0.1, 0.15) is 17.2 Å². The SMILES string of the molecule is CCc1cc2c(N3CCC4(CC3)CNC4)nc(C3CN(CCC#N)C3)nc2c(OCC(F)(F)F)c1-c1c(C)ccc2[nH]ncc12. The van der Waals surface area contributed by atoms with Gasteiger partial charge in [0.05, 0.1) is 17.8 Å². The summed E-state index contributed by atoms with van der Waals surface area (Å²) in [7, 11) is 0. The molecule has 12 heteroatoms. The highest BCUT2D eigenvalue weighted by molar-refractivity contribution is 6.05. The number of halogens is 3. The summed E-state index contributed by atoms with van der Waals surface area (Å²) in [6, 6.07) is 8.14. The van der Waals surface area contributed by atoms with Crippen LogP contribution in [0.5, 0.6) is 5.75 Å². The van der Waals surface area contributed by atoms with E-state index in [0.717, 1.165) is 77.8 Å². The van der Waals surface area contributed by atoms with Crippen molar-refractivity contribution in [2.45, 2.75) is 51.6 Å². The number of nitrogens with zero attached hydrogens (tertiary/aromatic N) is 6. The Morgan fingerprint density at radius 3 is 2.56 bits per heavy atom. The molecule has 236 valence electrons. The Labute approximate surface area is 259 Å². The van der Waals surface area contributed by atoms with Crippen LogP contribution in [0.15, 0.2) is 24.4 Å². The largest absolute Gasteiger partial charge is 0.481 e. The second-order valence-electron chi connectivity index (χ2n) is 12.8. The van der Waals surface area contributed by atoms with Crippen LogP contribution in [0.3, 0.4) is 0 Å². The van der Waals surface area contributed by atoms with Gasteiger partial charge in [-0.05, 0) is 60.4 Å². The molecule has 2 aromatic carbocycles. The van der Waals surface area contributed by atoms with E-state index in [1.54, 1.807) is 6.20 Å². The van der Waals surface area contributed by atoms with Crippen molar-refractivity contribution in [1.82, 2.24) is 30.4 Å². The molecule has 1 spiro atoms. The predicted molar refractivity (Wildman–Crippen MR) is 166 cm³/mol. The van der Waals surface area contributed by atoms with Crippen molar-refractivity contribution in [3.63, 3.8) is 0 Å². The van der Waals surface area contributed by atoms with Crippen LogP contribution in [0.1, 0.15) is 49.1 Å². The van der Waals surface area contributed by atoms with E-state index in [0.29, 0.717) is 54.8 Å². The number of fused-ring (bicyclic) bond motifs is 2. The van der Waals surface area contributed by atoms with Crippen molar-refractivity contribution in [2.75, 3.05) is 57.3 Å². The lowest BCUT2D eigenvalue weighted by molar-refractivity contribution is -0.153. The average Bonchev–Trinajstić information content (AvgIpc) is 3.46. The normalized spacial score (nSPS) is 18.7. The smallest absolute Gasteiger partial charge is 0.422 e. The molecular formula is C33H37F3N8O. The Morgan fingerprint density at radius 2 is 1.89 bits per heavy atom. The maximum absolute atomic E-state index is 13.8. The number of hydrogen-bond donors (Lipinski definition) is 2. The van der Waals surface area contributed by atoms with Gasteiger partial charge in [-0.15, -0.1) is 0 Å². The second kappa shape index (κ2) is 11.4. The molecule has 5 heterocycles. The van der Waals surface area contributed by atoms with Gasteiger partial charge >= 0.3 is 6.18 Å². The summed E-state index contributed by atoms with van der Waals surface area (Å²) in [6.07, 6.45) is 0.267. The fourth-order valence-electron chi connectivity index (χ4n) is 7.17. The molecule has 3 aliphatic heterocycles. The first kappa shape index (κ1) is 29.7. The van der Waals surface area contributed by atoms with Crippen LogP contribution >= 0.6 is 0 Å².